The number of primary amides is 1. The highest BCUT2D eigenvalue weighted by atomic mass is 32.2. The molecule has 2 rings (SSSR count). The summed E-state index contributed by atoms with van der Waals surface area (Å²) >= 11 is 0. The van der Waals surface area contributed by atoms with Crippen molar-refractivity contribution >= 4 is 15.9 Å². The number of nitrogens with two attached hydrogens (primary N) is 1. The average molecular weight is 381 g/mol. The fourth-order valence-corrected chi connectivity index (χ4v) is 3.99. The number of pyridine rings is 1. The lowest BCUT2D eigenvalue weighted by Crippen LogP contribution is -2.45. The molecule has 1 aromatic heterocycles. The van der Waals surface area contributed by atoms with E-state index in [1.807, 2.05) is 0 Å². The van der Waals surface area contributed by atoms with Crippen molar-refractivity contribution < 1.29 is 31.1 Å². The van der Waals surface area contributed by atoms with Gasteiger partial charge < -0.3 is 10.5 Å². The van der Waals surface area contributed by atoms with Crippen LogP contribution in [0.1, 0.15) is 29.8 Å². The monoisotopic (exact) mass is 381 g/mol. The van der Waals surface area contributed by atoms with Gasteiger partial charge in [-0.2, -0.15) is 17.5 Å². The molecule has 1 atom stereocenters. The van der Waals surface area contributed by atoms with Gasteiger partial charge in [0.1, 0.15) is 17.5 Å². The van der Waals surface area contributed by atoms with E-state index < -0.39 is 40.4 Å². The van der Waals surface area contributed by atoms with E-state index in [0.717, 1.165) is 4.31 Å². The van der Waals surface area contributed by atoms with Crippen LogP contribution in [0.3, 0.4) is 0 Å². The summed E-state index contributed by atoms with van der Waals surface area (Å²) in [7, 11) is -4.02. The number of carbonyl (C=O) groups excluding carboxylic acids is 1. The normalized spacial score (nSPS) is 19.6. The Hall–Kier alpha value is -1.88. The van der Waals surface area contributed by atoms with E-state index in [0.29, 0.717) is 18.6 Å². The molecule has 2 N–H and O–H groups in total. The van der Waals surface area contributed by atoms with Crippen LogP contribution in [0, 0.1) is 0 Å². The predicted octanol–water partition coefficient (Wildman–Crippen LogP) is 1.31. The third-order valence-electron chi connectivity index (χ3n) is 3.66. The van der Waals surface area contributed by atoms with Crippen LogP contribution in [0.5, 0.6) is 5.75 Å². The number of piperidine rings is 1. The maximum absolute atomic E-state index is 12.3. The Kier molecular flexibility index (Phi) is 5.88. The maximum atomic E-state index is 12.3. The first-order valence-corrected chi connectivity index (χ1v) is 9.15. The van der Waals surface area contributed by atoms with E-state index in [1.165, 1.54) is 18.3 Å². The van der Waals surface area contributed by atoms with Gasteiger partial charge in [-0.3, -0.25) is 9.78 Å². The molecule has 0 radical (unpaired) electrons. The van der Waals surface area contributed by atoms with Gasteiger partial charge in [0.2, 0.25) is 10.0 Å². The second-order valence-corrected chi connectivity index (χ2v) is 7.75. The smallest absolute Gasteiger partial charge is 0.390 e. The molecule has 1 aromatic rings. The highest BCUT2D eigenvalue weighted by Crippen LogP contribution is 2.24. The van der Waals surface area contributed by atoms with Gasteiger partial charge in [0.25, 0.3) is 5.91 Å². The van der Waals surface area contributed by atoms with Crippen LogP contribution >= 0.6 is 0 Å². The van der Waals surface area contributed by atoms with Crippen LogP contribution in [0.2, 0.25) is 0 Å². The molecule has 25 heavy (non-hydrogen) atoms. The molecule has 1 aliphatic rings. The van der Waals surface area contributed by atoms with E-state index >= 15 is 0 Å². The molecule has 0 spiro atoms. The third kappa shape index (κ3) is 5.85. The largest absolute Gasteiger partial charge is 0.489 e. The lowest BCUT2D eigenvalue weighted by Gasteiger charge is -2.32. The zero-order valence-electron chi connectivity index (χ0n) is 13.2. The first-order chi connectivity index (χ1) is 11.6. The molecule has 140 valence electrons. The quantitative estimate of drug-likeness (QED) is 0.800. The van der Waals surface area contributed by atoms with Crippen LogP contribution in [-0.2, 0) is 10.0 Å². The molecule has 0 saturated carbocycles. The zero-order chi connectivity index (χ0) is 18.7. The van der Waals surface area contributed by atoms with E-state index in [-0.39, 0.29) is 18.8 Å². The highest BCUT2D eigenvalue weighted by Gasteiger charge is 2.35. The lowest BCUT2D eigenvalue weighted by atomic mass is 10.1. The van der Waals surface area contributed by atoms with Crippen molar-refractivity contribution in [1.82, 2.24) is 9.29 Å². The predicted molar refractivity (Wildman–Crippen MR) is 82.4 cm³/mol. The number of halogens is 3. The number of amides is 1. The van der Waals surface area contributed by atoms with Gasteiger partial charge in [0.15, 0.2) is 0 Å². The molecule has 1 saturated heterocycles. The van der Waals surface area contributed by atoms with E-state index in [1.54, 1.807) is 0 Å². The van der Waals surface area contributed by atoms with Crippen molar-refractivity contribution in [3.8, 4) is 5.75 Å². The van der Waals surface area contributed by atoms with Crippen molar-refractivity contribution in [2.45, 2.75) is 31.5 Å². The van der Waals surface area contributed by atoms with Gasteiger partial charge in [0, 0.05) is 18.8 Å². The summed E-state index contributed by atoms with van der Waals surface area (Å²) in [6.45, 7) is 0.108. The van der Waals surface area contributed by atoms with Gasteiger partial charge in [0.05, 0.1) is 18.7 Å². The Labute approximate surface area is 143 Å². The number of carbonyl (C=O) groups is 1. The zero-order valence-corrected chi connectivity index (χ0v) is 14.0. The molecular formula is C14H18F3N3O4S. The summed E-state index contributed by atoms with van der Waals surface area (Å²) in [6, 6.07) is 2.82. The fourth-order valence-electron chi connectivity index (χ4n) is 2.44. The van der Waals surface area contributed by atoms with Crippen LogP contribution < -0.4 is 10.5 Å². The standard InChI is InChI=1S/C14H18F3N3O4S/c15-14(16,17)4-7-25(22,23)20-6-1-2-11(9-20)24-10-3-5-19-12(8-10)13(18)21/h3,5,8,11H,1-2,4,6-7,9H2,(H2,18,21). The molecular weight excluding hydrogens is 363 g/mol. The first kappa shape index (κ1) is 19.4. The fraction of sp³-hybridized carbons (Fsp3) is 0.571. The van der Waals surface area contributed by atoms with Gasteiger partial charge >= 0.3 is 6.18 Å². The Balaban J connectivity index is 2.01. The SMILES string of the molecule is NC(=O)c1cc(OC2CCCN(S(=O)(=O)CCC(F)(F)F)C2)ccn1. The summed E-state index contributed by atoms with van der Waals surface area (Å²) < 4.78 is 67.6. The minimum absolute atomic E-state index is 0.00274. The minimum Gasteiger partial charge on any atom is -0.489 e. The molecule has 2 heterocycles. The number of ether oxygens (including phenoxy) is 1. The Morgan fingerprint density at radius 1 is 1.44 bits per heavy atom. The second kappa shape index (κ2) is 7.56. The van der Waals surface area contributed by atoms with Crippen molar-refractivity contribution in [2.24, 2.45) is 5.73 Å². The molecule has 11 heteroatoms. The summed E-state index contributed by atoms with van der Waals surface area (Å²) in [5.41, 5.74) is 5.13. The molecule has 1 unspecified atom stereocenters. The lowest BCUT2D eigenvalue weighted by molar-refractivity contribution is -0.130. The number of sulfonamides is 1. The van der Waals surface area contributed by atoms with Crippen molar-refractivity contribution in [3.63, 3.8) is 0 Å². The number of aromatic nitrogens is 1. The molecule has 0 aliphatic carbocycles. The van der Waals surface area contributed by atoms with E-state index in [2.05, 4.69) is 4.98 Å². The molecule has 7 nitrogen and oxygen atoms in total. The summed E-state index contributed by atoms with van der Waals surface area (Å²) in [5, 5.41) is 0. The maximum Gasteiger partial charge on any atom is 0.390 e. The number of nitrogens with zero attached hydrogens (tertiary/aromatic N) is 2. The van der Waals surface area contributed by atoms with E-state index in [4.69, 9.17) is 10.5 Å². The topological polar surface area (TPSA) is 103 Å². The summed E-state index contributed by atoms with van der Waals surface area (Å²) in [4.78, 5) is 14.9. The molecule has 0 bridgehead atoms. The third-order valence-corrected chi connectivity index (χ3v) is 5.50. The van der Waals surface area contributed by atoms with Gasteiger partial charge in [-0.1, -0.05) is 0 Å². The van der Waals surface area contributed by atoms with Crippen molar-refractivity contribution in [2.75, 3.05) is 18.8 Å². The van der Waals surface area contributed by atoms with Crippen molar-refractivity contribution in [1.29, 1.82) is 0 Å². The van der Waals surface area contributed by atoms with Crippen LogP contribution in [0.15, 0.2) is 18.3 Å². The Morgan fingerprint density at radius 2 is 2.16 bits per heavy atom. The average Bonchev–Trinajstić information content (AvgIpc) is 2.53. The number of alkyl halides is 3. The molecule has 1 amide bonds. The molecule has 1 fully saturated rings. The first-order valence-electron chi connectivity index (χ1n) is 7.54. The minimum atomic E-state index is -4.53. The van der Waals surface area contributed by atoms with Crippen LogP contribution in [0.4, 0.5) is 13.2 Å². The van der Waals surface area contributed by atoms with Gasteiger partial charge in [-0.25, -0.2) is 8.42 Å². The number of hydrogen-bond acceptors (Lipinski definition) is 5. The highest BCUT2D eigenvalue weighted by molar-refractivity contribution is 7.89. The second-order valence-electron chi connectivity index (χ2n) is 5.66. The Morgan fingerprint density at radius 3 is 2.80 bits per heavy atom. The number of hydrogen-bond donors (Lipinski definition) is 1. The van der Waals surface area contributed by atoms with Gasteiger partial charge in [-0.05, 0) is 18.9 Å². The summed E-state index contributed by atoms with van der Waals surface area (Å²) in [5.74, 6) is -1.42. The van der Waals surface area contributed by atoms with Crippen LogP contribution in [0.25, 0.3) is 0 Å². The molecule has 0 aromatic carbocycles. The van der Waals surface area contributed by atoms with Gasteiger partial charge in [-0.15, -0.1) is 0 Å². The molecule has 1 aliphatic heterocycles. The van der Waals surface area contributed by atoms with Crippen molar-refractivity contribution in [3.05, 3.63) is 24.0 Å². The van der Waals surface area contributed by atoms with Crippen LogP contribution in [-0.4, -0.2) is 54.7 Å². The van der Waals surface area contributed by atoms with E-state index in [9.17, 15) is 26.4 Å². The Bertz CT molecular complexity index is 724. The summed E-state index contributed by atoms with van der Waals surface area (Å²) in [6.07, 6.45) is -4.11. The number of rotatable bonds is 6.